The molecule has 29 heavy (non-hydrogen) atoms. The van der Waals surface area contributed by atoms with Gasteiger partial charge in [0.1, 0.15) is 0 Å². The zero-order valence-corrected chi connectivity index (χ0v) is 17.4. The summed E-state index contributed by atoms with van der Waals surface area (Å²) in [5.41, 5.74) is 1.79. The molecule has 1 aliphatic rings. The molecule has 0 aromatic heterocycles. The van der Waals surface area contributed by atoms with Crippen LogP contribution in [0.2, 0.25) is 5.02 Å². The number of amides is 2. The maximum absolute atomic E-state index is 12.4. The largest absolute Gasteiger partial charge is 0.368 e. The molecule has 1 heterocycles. The van der Waals surface area contributed by atoms with E-state index in [0.29, 0.717) is 18.5 Å². The second kappa shape index (κ2) is 10.9. The van der Waals surface area contributed by atoms with Gasteiger partial charge in [-0.1, -0.05) is 42.3 Å². The van der Waals surface area contributed by atoms with Crippen molar-refractivity contribution in [1.29, 1.82) is 0 Å². The second-order valence-electron chi connectivity index (χ2n) is 7.28. The minimum atomic E-state index is -0.0424. The molecule has 0 radical (unpaired) electrons. The fourth-order valence-electron chi connectivity index (χ4n) is 3.52. The SMILES string of the molecule is O=C(NCCCCCC(=O)N1CCN(c2cccc(Cl)c2)CC1)c1ccccc1. The normalized spacial score (nSPS) is 14.0. The van der Waals surface area contributed by atoms with E-state index >= 15 is 0 Å². The lowest BCUT2D eigenvalue weighted by atomic mass is 10.1. The molecular weight excluding hydrogens is 386 g/mol. The zero-order chi connectivity index (χ0) is 20.5. The average molecular weight is 414 g/mol. The highest BCUT2D eigenvalue weighted by atomic mass is 35.5. The minimum absolute atomic E-state index is 0.0424. The van der Waals surface area contributed by atoms with Crippen molar-refractivity contribution in [3.05, 3.63) is 65.2 Å². The fraction of sp³-hybridized carbons (Fsp3) is 0.391. The Balaban J connectivity index is 1.28. The number of nitrogens with one attached hydrogen (secondary N) is 1. The third-order valence-corrected chi connectivity index (χ3v) is 5.43. The molecule has 2 aromatic carbocycles. The molecule has 5 nitrogen and oxygen atoms in total. The third-order valence-electron chi connectivity index (χ3n) is 5.19. The van der Waals surface area contributed by atoms with E-state index in [2.05, 4.69) is 16.3 Å². The van der Waals surface area contributed by atoms with E-state index < -0.39 is 0 Å². The molecule has 0 spiro atoms. The van der Waals surface area contributed by atoms with Gasteiger partial charge in [-0.15, -0.1) is 0 Å². The highest BCUT2D eigenvalue weighted by Crippen LogP contribution is 2.21. The predicted molar refractivity (Wildman–Crippen MR) is 117 cm³/mol. The second-order valence-corrected chi connectivity index (χ2v) is 7.72. The summed E-state index contributed by atoms with van der Waals surface area (Å²) in [5.74, 6) is 0.184. The highest BCUT2D eigenvalue weighted by Gasteiger charge is 2.20. The molecule has 1 fully saturated rings. The molecule has 0 aliphatic carbocycles. The summed E-state index contributed by atoms with van der Waals surface area (Å²) >= 11 is 6.07. The summed E-state index contributed by atoms with van der Waals surface area (Å²) in [5, 5.41) is 3.66. The average Bonchev–Trinajstić information content (AvgIpc) is 2.76. The van der Waals surface area contributed by atoms with Crippen LogP contribution in [-0.4, -0.2) is 49.4 Å². The quantitative estimate of drug-likeness (QED) is 0.666. The van der Waals surface area contributed by atoms with Gasteiger partial charge in [0.05, 0.1) is 0 Å². The first-order valence-corrected chi connectivity index (χ1v) is 10.6. The Hall–Kier alpha value is -2.53. The molecule has 1 saturated heterocycles. The van der Waals surface area contributed by atoms with Crippen molar-refractivity contribution in [1.82, 2.24) is 10.2 Å². The van der Waals surface area contributed by atoms with Crippen molar-refractivity contribution in [2.45, 2.75) is 25.7 Å². The predicted octanol–water partition coefficient (Wildman–Crippen LogP) is 3.98. The number of unbranched alkanes of at least 4 members (excludes halogenated alkanes) is 2. The van der Waals surface area contributed by atoms with Crippen LogP contribution in [0.25, 0.3) is 0 Å². The standard InChI is InChI=1S/C23H28ClN3O2/c24-20-10-7-11-21(18-20)26-14-16-27(17-15-26)22(28)12-5-2-6-13-25-23(29)19-8-3-1-4-9-19/h1,3-4,7-11,18H,2,5-6,12-17H2,(H,25,29). The molecular formula is C23H28ClN3O2. The van der Waals surface area contributed by atoms with E-state index in [0.717, 1.165) is 56.2 Å². The highest BCUT2D eigenvalue weighted by molar-refractivity contribution is 6.30. The van der Waals surface area contributed by atoms with Crippen molar-refractivity contribution in [3.8, 4) is 0 Å². The lowest BCUT2D eigenvalue weighted by Crippen LogP contribution is -2.48. The number of nitrogens with zero attached hydrogens (tertiary/aromatic N) is 2. The minimum Gasteiger partial charge on any atom is -0.368 e. The van der Waals surface area contributed by atoms with Gasteiger partial charge in [0.2, 0.25) is 5.91 Å². The maximum Gasteiger partial charge on any atom is 0.251 e. The van der Waals surface area contributed by atoms with E-state index in [9.17, 15) is 9.59 Å². The molecule has 0 atom stereocenters. The van der Waals surface area contributed by atoms with Crippen LogP contribution in [0.15, 0.2) is 54.6 Å². The molecule has 2 aromatic rings. The smallest absolute Gasteiger partial charge is 0.251 e. The maximum atomic E-state index is 12.4. The molecule has 1 N–H and O–H groups in total. The van der Waals surface area contributed by atoms with Crippen molar-refractivity contribution in [3.63, 3.8) is 0 Å². The van der Waals surface area contributed by atoms with E-state index in [1.54, 1.807) is 12.1 Å². The first-order chi connectivity index (χ1) is 14.1. The molecule has 154 valence electrons. The van der Waals surface area contributed by atoms with Crippen LogP contribution in [-0.2, 0) is 4.79 Å². The van der Waals surface area contributed by atoms with Gasteiger partial charge in [-0.2, -0.15) is 0 Å². The van der Waals surface area contributed by atoms with Crippen LogP contribution < -0.4 is 10.2 Å². The number of anilines is 1. The van der Waals surface area contributed by atoms with Crippen LogP contribution >= 0.6 is 11.6 Å². The first-order valence-electron chi connectivity index (χ1n) is 10.2. The van der Waals surface area contributed by atoms with Gasteiger partial charge < -0.3 is 15.1 Å². The van der Waals surface area contributed by atoms with Gasteiger partial charge in [-0.25, -0.2) is 0 Å². The lowest BCUT2D eigenvalue weighted by Gasteiger charge is -2.36. The summed E-state index contributed by atoms with van der Waals surface area (Å²) < 4.78 is 0. The number of carbonyl (C=O) groups excluding carboxylic acids is 2. The van der Waals surface area contributed by atoms with Crippen LogP contribution in [0.4, 0.5) is 5.69 Å². The van der Waals surface area contributed by atoms with E-state index in [-0.39, 0.29) is 11.8 Å². The van der Waals surface area contributed by atoms with E-state index in [1.807, 2.05) is 41.3 Å². The lowest BCUT2D eigenvalue weighted by molar-refractivity contribution is -0.131. The monoisotopic (exact) mass is 413 g/mol. The Kier molecular flexibility index (Phi) is 7.94. The van der Waals surface area contributed by atoms with Crippen molar-refractivity contribution in [2.75, 3.05) is 37.6 Å². The number of benzene rings is 2. The van der Waals surface area contributed by atoms with Crippen LogP contribution in [0.5, 0.6) is 0 Å². The molecule has 6 heteroatoms. The topological polar surface area (TPSA) is 52.7 Å². The number of rotatable bonds is 8. The molecule has 0 bridgehead atoms. The van der Waals surface area contributed by atoms with Gasteiger partial charge in [0, 0.05) is 55.4 Å². The Morgan fingerprint density at radius 2 is 1.66 bits per heavy atom. The number of hydrogen-bond donors (Lipinski definition) is 1. The molecule has 0 saturated carbocycles. The number of piperazine rings is 1. The summed E-state index contributed by atoms with van der Waals surface area (Å²) in [6, 6.07) is 17.1. The van der Waals surface area contributed by atoms with Crippen LogP contribution in [0.1, 0.15) is 36.0 Å². The van der Waals surface area contributed by atoms with Gasteiger partial charge in [-0.05, 0) is 43.2 Å². The summed E-state index contributed by atoms with van der Waals surface area (Å²) in [7, 11) is 0. The van der Waals surface area contributed by atoms with Crippen molar-refractivity contribution >= 4 is 29.1 Å². The van der Waals surface area contributed by atoms with Crippen molar-refractivity contribution in [2.24, 2.45) is 0 Å². The first kappa shape index (κ1) is 21.2. The van der Waals surface area contributed by atoms with Crippen LogP contribution in [0, 0.1) is 0 Å². The van der Waals surface area contributed by atoms with Gasteiger partial charge in [0.25, 0.3) is 5.91 Å². The third kappa shape index (κ3) is 6.50. The fourth-order valence-corrected chi connectivity index (χ4v) is 3.70. The Bertz CT molecular complexity index is 805. The van der Waals surface area contributed by atoms with Gasteiger partial charge in [0.15, 0.2) is 0 Å². The van der Waals surface area contributed by atoms with Crippen LogP contribution in [0.3, 0.4) is 0 Å². The molecule has 1 aliphatic heterocycles. The van der Waals surface area contributed by atoms with Gasteiger partial charge >= 0.3 is 0 Å². The summed E-state index contributed by atoms with van der Waals surface area (Å²) in [4.78, 5) is 28.6. The Labute approximate surface area is 177 Å². The van der Waals surface area contributed by atoms with E-state index in [1.165, 1.54) is 0 Å². The van der Waals surface area contributed by atoms with Gasteiger partial charge in [-0.3, -0.25) is 9.59 Å². The summed E-state index contributed by atoms with van der Waals surface area (Å²) in [6.45, 7) is 3.80. The van der Waals surface area contributed by atoms with E-state index in [4.69, 9.17) is 11.6 Å². The molecule has 3 rings (SSSR count). The Morgan fingerprint density at radius 3 is 2.38 bits per heavy atom. The summed E-state index contributed by atoms with van der Waals surface area (Å²) in [6.07, 6.45) is 3.25. The van der Waals surface area contributed by atoms with Crippen molar-refractivity contribution < 1.29 is 9.59 Å². The number of carbonyl (C=O) groups is 2. The Morgan fingerprint density at radius 1 is 0.897 bits per heavy atom. The number of halogens is 1. The zero-order valence-electron chi connectivity index (χ0n) is 16.6. The number of hydrogen-bond acceptors (Lipinski definition) is 3. The molecule has 2 amide bonds. The molecule has 0 unspecified atom stereocenters.